The van der Waals surface area contributed by atoms with E-state index in [1.165, 1.54) is 0 Å². The first-order chi connectivity index (χ1) is 5.06. The van der Waals surface area contributed by atoms with Crippen molar-refractivity contribution < 1.29 is 9.90 Å². The van der Waals surface area contributed by atoms with Gasteiger partial charge in [-0.15, -0.1) is 0 Å². The molecule has 68 valence electrons. The zero-order valence-electron chi connectivity index (χ0n) is 5.70. The second-order valence-electron chi connectivity index (χ2n) is 1.44. The molecule has 0 fully saturated rings. The number of thiol groups is 2. The molecule has 0 atom stereocenters. The van der Waals surface area contributed by atoms with E-state index in [9.17, 15) is 4.79 Å². The van der Waals surface area contributed by atoms with Crippen LogP contribution in [0.4, 0.5) is 0 Å². The van der Waals surface area contributed by atoms with Crippen molar-refractivity contribution in [3.8, 4) is 0 Å². The highest BCUT2D eigenvalue weighted by Crippen LogP contribution is 1.98. The number of hydrogen-bond acceptors (Lipinski definition) is 3. The molecule has 0 rings (SSSR count). The van der Waals surface area contributed by atoms with Gasteiger partial charge < -0.3 is 5.11 Å². The van der Waals surface area contributed by atoms with Crippen molar-refractivity contribution in [2.45, 2.75) is 11.3 Å². The SMILES string of the molecule is O=C(O)C(Cl)Cl.SCCCS. The Morgan fingerprint density at radius 2 is 1.64 bits per heavy atom. The minimum Gasteiger partial charge on any atom is -0.479 e. The number of hydrogen-bond donors (Lipinski definition) is 3. The van der Waals surface area contributed by atoms with Crippen LogP contribution < -0.4 is 0 Å². The molecule has 0 aromatic carbocycles. The summed E-state index contributed by atoms with van der Waals surface area (Å²) in [5.41, 5.74) is 0. The van der Waals surface area contributed by atoms with Crippen LogP contribution in [0.15, 0.2) is 0 Å². The fraction of sp³-hybridized carbons (Fsp3) is 0.800. The minimum absolute atomic E-state index is 0.962. The van der Waals surface area contributed by atoms with E-state index in [1.54, 1.807) is 0 Å². The van der Waals surface area contributed by atoms with E-state index < -0.39 is 10.8 Å². The minimum atomic E-state index is -1.29. The maximum atomic E-state index is 9.44. The van der Waals surface area contributed by atoms with Crippen LogP contribution in [0.3, 0.4) is 0 Å². The average molecular weight is 237 g/mol. The summed E-state index contributed by atoms with van der Waals surface area (Å²) in [7, 11) is 0. The van der Waals surface area contributed by atoms with E-state index in [-0.39, 0.29) is 0 Å². The van der Waals surface area contributed by atoms with Gasteiger partial charge in [-0.3, -0.25) is 0 Å². The predicted molar refractivity (Wildman–Crippen MR) is 55.5 cm³/mol. The molecule has 0 amide bonds. The number of carboxylic acids is 1. The molecule has 0 heterocycles. The van der Waals surface area contributed by atoms with Crippen molar-refractivity contribution in [1.82, 2.24) is 0 Å². The largest absolute Gasteiger partial charge is 0.479 e. The lowest BCUT2D eigenvalue weighted by Crippen LogP contribution is -2.03. The molecule has 11 heavy (non-hydrogen) atoms. The van der Waals surface area contributed by atoms with Gasteiger partial charge in [0.05, 0.1) is 0 Å². The zero-order chi connectivity index (χ0) is 9.28. The molecular formula is C5H10Cl2O2S2. The molecule has 0 spiro atoms. The summed E-state index contributed by atoms with van der Waals surface area (Å²) in [4.78, 5) is 8.15. The van der Waals surface area contributed by atoms with Gasteiger partial charge in [0.1, 0.15) is 0 Å². The zero-order valence-corrected chi connectivity index (χ0v) is 9.01. The summed E-state index contributed by atoms with van der Waals surface area (Å²) in [6.07, 6.45) is 1.12. The smallest absolute Gasteiger partial charge is 0.337 e. The molecule has 0 aliphatic heterocycles. The maximum absolute atomic E-state index is 9.44. The first kappa shape index (κ1) is 14.3. The summed E-state index contributed by atoms with van der Waals surface area (Å²) < 4.78 is 0. The van der Waals surface area contributed by atoms with Gasteiger partial charge in [-0.2, -0.15) is 25.3 Å². The maximum Gasteiger partial charge on any atom is 0.337 e. The number of carboxylic acid groups (broad SMARTS) is 1. The van der Waals surface area contributed by atoms with Gasteiger partial charge in [0.15, 0.2) is 0 Å². The molecule has 1 N–H and O–H groups in total. The van der Waals surface area contributed by atoms with Crippen molar-refractivity contribution >= 4 is 54.4 Å². The average Bonchev–Trinajstić information content (AvgIpc) is 1.90. The molecule has 0 aliphatic carbocycles. The number of alkyl halides is 2. The van der Waals surface area contributed by atoms with Crippen molar-refractivity contribution in [2.75, 3.05) is 11.5 Å². The molecule has 0 aromatic heterocycles. The highest BCUT2D eigenvalue weighted by atomic mass is 35.5. The van der Waals surface area contributed by atoms with E-state index in [1.807, 2.05) is 0 Å². The first-order valence-corrected chi connectivity index (χ1v) is 4.92. The summed E-state index contributed by atoms with van der Waals surface area (Å²) >= 11 is 17.5. The summed E-state index contributed by atoms with van der Waals surface area (Å²) in [5.74, 6) is 0.714. The van der Waals surface area contributed by atoms with Crippen LogP contribution in [-0.2, 0) is 4.79 Å². The lowest BCUT2D eigenvalue weighted by Gasteiger charge is -1.84. The van der Waals surface area contributed by atoms with Crippen molar-refractivity contribution in [3.05, 3.63) is 0 Å². The summed E-state index contributed by atoms with van der Waals surface area (Å²) in [5, 5.41) is 7.73. The van der Waals surface area contributed by atoms with Crippen molar-refractivity contribution in [1.29, 1.82) is 0 Å². The molecule has 0 saturated heterocycles. The standard InChI is InChI=1S/C3H8S2.C2H2Cl2O2/c4-2-1-3-5;3-1(4)2(5)6/h4-5H,1-3H2;1H,(H,5,6). The topological polar surface area (TPSA) is 37.3 Å². The van der Waals surface area contributed by atoms with Crippen LogP contribution in [0.5, 0.6) is 0 Å². The Hall–Kier alpha value is 0.750. The second-order valence-corrected chi connectivity index (χ2v) is 3.43. The van der Waals surface area contributed by atoms with Gasteiger partial charge in [0, 0.05) is 0 Å². The molecular weight excluding hydrogens is 227 g/mol. The van der Waals surface area contributed by atoms with Crippen LogP contribution in [0.1, 0.15) is 6.42 Å². The van der Waals surface area contributed by atoms with Gasteiger partial charge in [-0.05, 0) is 17.9 Å². The fourth-order valence-electron chi connectivity index (χ4n) is 0.0707. The number of carbonyl (C=O) groups is 1. The quantitative estimate of drug-likeness (QED) is 0.519. The fourth-order valence-corrected chi connectivity index (χ4v) is 0.636. The normalized spacial score (nSPS) is 8.82. The highest BCUT2D eigenvalue weighted by Gasteiger charge is 2.05. The van der Waals surface area contributed by atoms with E-state index in [0.717, 1.165) is 17.9 Å². The Labute approximate surface area is 87.1 Å². The molecule has 0 bridgehead atoms. The second kappa shape index (κ2) is 10.8. The Kier molecular flexibility index (Phi) is 14.0. The molecule has 0 aliphatic rings. The van der Waals surface area contributed by atoms with Gasteiger partial charge in [-0.25, -0.2) is 4.79 Å². The molecule has 0 radical (unpaired) electrons. The van der Waals surface area contributed by atoms with Gasteiger partial charge >= 0.3 is 5.97 Å². The summed E-state index contributed by atoms with van der Waals surface area (Å²) in [6.45, 7) is 0. The van der Waals surface area contributed by atoms with E-state index in [2.05, 4.69) is 25.3 Å². The van der Waals surface area contributed by atoms with Crippen molar-refractivity contribution in [2.24, 2.45) is 0 Å². The lowest BCUT2D eigenvalue weighted by atomic mass is 10.6. The Balaban J connectivity index is 0. The molecule has 6 heteroatoms. The molecule has 0 saturated carbocycles. The van der Waals surface area contributed by atoms with Gasteiger partial charge in [0.25, 0.3) is 0 Å². The van der Waals surface area contributed by atoms with Crippen LogP contribution in [-0.4, -0.2) is 27.4 Å². The van der Waals surface area contributed by atoms with Gasteiger partial charge in [-0.1, -0.05) is 23.2 Å². The molecule has 0 unspecified atom stereocenters. The lowest BCUT2D eigenvalue weighted by molar-refractivity contribution is -0.135. The number of halogens is 2. The number of aliphatic carboxylic acids is 1. The monoisotopic (exact) mass is 236 g/mol. The van der Waals surface area contributed by atoms with Crippen LogP contribution in [0, 0.1) is 0 Å². The van der Waals surface area contributed by atoms with E-state index >= 15 is 0 Å². The van der Waals surface area contributed by atoms with Crippen LogP contribution in [0.2, 0.25) is 0 Å². The van der Waals surface area contributed by atoms with Crippen LogP contribution >= 0.6 is 48.5 Å². The van der Waals surface area contributed by atoms with E-state index in [0.29, 0.717) is 0 Å². The predicted octanol–water partition coefficient (Wildman–Crippen LogP) is 2.11. The number of rotatable bonds is 3. The van der Waals surface area contributed by atoms with E-state index in [4.69, 9.17) is 28.3 Å². The van der Waals surface area contributed by atoms with Gasteiger partial charge in [0.2, 0.25) is 4.84 Å². The summed E-state index contributed by atoms with van der Waals surface area (Å²) in [6, 6.07) is 0. The third-order valence-corrected chi connectivity index (χ3v) is 1.51. The first-order valence-electron chi connectivity index (χ1n) is 2.79. The third-order valence-electron chi connectivity index (χ3n) is 0.503. The Morgan fingerprint density at radius 3 is 1.64 bits per heavy atom. The Bertz CT molecular complexity index is 98.5. The van der Waals surface area contributed by atoms with Crippen molar-refractivity contribution in [3.63, 3.8) is 0 Å². The highest BCUT2D eigenvalue weighted by molar-refractivity contribution is 7.81. The molecule has 2 nitrogen and oxygen atoms in total. The molecule has 0 aromatic rings. The third kappa shape index (κ3) is 18.1. The van der Waals surface area contributed by atoms with Crippen LogP contribution in [0.25, 0.3) is 0 Å². The Morgan fingerprint density at radius 1 is 1.36 bits per heavy atom.